The summed E-state index contributed by atoms with van der Waals surface area (Å²) in [6.45, 7) is 4.78. The Morgan fingerprint density at radius 1 is 1.35 bits per heavy atom. The molecule has 106 valence electrons. The van der Waals surface area contributed by atoms with Crippen molar-refractivity contribution in [1.29, 1.82) is 0 Å². The summed E-state index contributed by atoms with van der Waals surface area (Å²) in [4.78, 5) is 6.78. The number of nitrogens with one attached hydrogen (secondary N) is 1. The number of rotatable bonds is 5. The highest BCUT2D eigenvalue weighted by Gasteiger charge is 2.21. The molecular formula is C15H20N4O. The lowest BCUT2D eigenvalue weighted by Gasteiger charge is -2.26. The van der Waals surface area contributed by atoms with E-state index < -0.39 is 0 Å². The van der Waals surface area contributed by atoms with Crippen LogP contribution in [-0.2, 0) is 26.2 Å². The highest BCUT2D eigenvalue weighted by Crippen LogP contribution is 2.20. The van der Waals surface area contributed by atoms with Gasteiger partial charge in [0.25, 0.3) is 0 Å². The molecule has 0 spiro atoms. The third-order valence-corrected chi connectivity index (χ3v) is 4.08. The maximum absolute atomic E-state index is 5.68. The molecule has 20 heavy (non-hydrogen) atoms. The van der Waals surface area contributed by atoms with Gasteiger partial charge in [0, 0.05) is 43.6 Å². The molecule has 5 heteroatoms. The summed E-state index contributed by atoms with van der Waals surface area (Å²) in [5.41, 5.74) is 1.26. The van der Waals surface area contributed by atoms with Crippen LogP contribution in [0.3, 0.4) is 0 Å². The number of hydrogen-bond donors (Lipinski definition) is 1. The smallest absolute Gasteiger partial charge is 0.122 e. The van der Waals surface area contributed by atoms with Crippen LogP contribution < -0.4 is 5.32 Å². The Bertz CT molecular complexity index is 584. The zero-order valence-corrected chi connectivity index (χ0v) is 11.6. The third-order valence-electron chi connectivity index (χ3n) is 4.08. The van der Waals surface area contributed by atoms with Gasteiger partial charge < -0.3 is 14.3 Å². The molecule has 0 amide bonds. The molecule has 1 fully saturated rings. The second-order valence-electron chi connectivity index (χ2n) is 5.82. The number of furan rings is 1. The highest BCUT2D eigenvalue weighted by atomic mass is 16.3. The lowest BCUT2D eigenvalue weighted by atomic mass is 10.2. The van der Waals surface area contributed by atoms with E-state index >= 15 is 0 Å². The van der Waals surface area contributed by atoms with Crippen molar-refractivity contribution < 1.29 is 4.42 Å². The normalized spacial score (nSPS) is 19.2. The summed E-state index contributed by atoms with van der Waals surface area (Å²) in [7, 11) is 0. The summed E-state index contributed by atoms with van der Waals surface area (Å²) in [6.07, 6.45) is 8.47. The minimum Gasteiger partial charge on any atom is -0.468 e. The van der Waals surface area contributed by atoms with Crippen LogP contribution in [-0.4, -0.2) is 27.0 Å². The van der Waals surface area contributed by atoms with E-state index in [2.05, 4.69) is 32.0 Å². The first-order valence-electron chi connectivity index (χ1n) is 7.39. The Balaban J connectivity index is 1.34. The second kappa shape index (κ2) is 5.07. The molecule has 1 saturated carbocycles. The molecule has 0 saturated heterocycles. The molecule has 0 atom stereocenters. The van der Waals surface area contributed by atoms with E-state index in [9.17, 15) is 0 Å². The number of fused-ring (bicyclic) bond motifs is 1. The molecule has 5 nitrogen and oxygen atoms in total. The van der Waals surface area contributed by atoms with Gasteiger partial charge in [0.1, 0.15) is 11.6 Å². The van der Waals surface area contributed by atoms with Gasteiger partial charge in [-0.3, -0.25) is 4.90 Å². The summed E-state index contributed by atoms with van der Waals surface area (Å²) in [6, 6.07) is 2.92. The van der Waals surface area contributed by atoms with Gasteiger partial charge in [-0.1, -0.05) is 0 Å². The van der Waals surface area contributed by atoms with Gasteiger partial charge in [-0.2, -0.15) is 0 Å². The molecule has 0 unspecified atom stereocenters. The van der Waals surface area contributed by atoms with E-state index in [1.54, 1.807) is 0 Å². The minimum atomic E-state index is 0.745. The fourth-order valence-corrected chi connectivity index (χ4v) is 2.73. The Morgan fingerprint density at radius 2 is 2.30 bits per heavy atom. The third kappa shape index (κ3) is 2.64. The molecular weight excluding hydrogens is 252 g/mol. The molecule has 1 aliphatic heterocycles. The SMILES string of the molecule is c1cn2c(n1)CN(Cc1cc(CNC3CC3)co1)CC2. The standard InChI is InChI=1S/C15H20N4O/c1-2-13(1)17-8-12-7-14(20-11-12)9-18-5-6-19-4-3-16-15(19)10-18/h3-4,7,11,13,17H,1-2,5-6,8-10H2. The summed E-state index contributed by atoms with van der Waals surface area (Å²) < 4.78 is 7.91. The maximum Gasteiger partial charge on any atom is 0.122 e. The van der Waals surface area contributed by atoms with E-state index in [1.165, 1.54) is 18.4 Å². The Labute approximate surface area is 118 Å². The average molecular weight is 272 g/mol. The number of aromatic nitrogens is 2. The Morgan fingerprint density at radius 3 is 3.20 bits per heavy atom. The van der Waals surface area contributed by atoms with E-state index in [1.807, 2.05) is 12.5 Å². The highest BCUT2D eigenvalue weighted by molar-refractivity contribution is 5.13. The van der Waals surface area contributed by atoms with Crippen LogP contribution in [0.2, 0.25) is 0 Å². The maximum atomic E-state index is 5.68. The van der Waals surface area contributed by atoms with Gasteiger partial charge in [-0.15, -0.1) is 0 Å². The van der Waals surface area contributed by atoms with Gasteiger partial charge in [0.05, 0.1) is 19.4 Å². The van der Waals surface area contributed by atoms with Gasteiger partial charge >= 0.3 is 0 Å². The topological polar surface area (TPSA) is 46.2 Å². The van der Waals surface area contributed by atoms with Crippen molar-refractivity contribution in [2.24, 2.45) is 0 Å². The van der Waals surface area contributed by atoms with Crippen molar-refractivity contribution in [2.75, 3.05) is 6.54 Å². The molecule has 4 rings (SSSR count). The van der Waals surface area contributed by atoms with Crippen LogP contribution in [0.5, 0.6) is 0 Å². The molecule has 2 aromatic heterocycles. The molecule has 3 heterocycles. The molecule has 2 aromatic rings. The van der Waals surface area contributed by atoms with E-state index in [0.717, 1.165) is 50.4 Å². The minimum absolute atomic E-state index is 0.745. The van der Waals surface area contributed by atoms with Crippen LogP contribution in [0.25, 0.3) is 0 Å². The van der Waals surface area contributed by atoms with E-state index in [4.69, 9.17) is 4.42 Å². The fourth-order valence-electron chi connectivity index (χ4n) is 2.73. The van der Waals surface area contributed by atoms with Gasteiger partial charge in [0.15, 0.2) is 0 Å². The first kappa shape index (κ1) is 12.2. The van der Waals surface area contributed by atoms with Crippen molar-refractivity contribution in [1.82, 2.24) is 19.8 Å². The molecule has 0 radical (unpaired) electrons. The number of hydrogen-bond acceptors (Lipinski definition) is 4. The molecule has 1 N–H and O–H groups in total. The van der Waals surface area contributed by atoms with Gasteiger partial charge in [-0.05, 0) is 18.9 Å². The van der Waals surface area contributed by atoms with Crippen molar-refractivity contribution in [3.63, 3.8) is 0 Å². The summed E-state index contributed by atoms with van der Waals surface area (Å²) in [5, 5.41) is 3.51. The van der Waals surface area contributed by atoms with E-state index in [0.29, 0.717) is 0 Å². The number of nitrogens with zero attached hydrogens (tertiary/aromatic N) is 3. The lowest BCUT2D eigenvalue weighted by molar-refractivity contribution is 0.194. The zero-order chi connectivity index (χ0) is 13.4. The van der Waals surface area contributed by atoms with Crippen LogP contribution in [0.1, 0.15) is 30.0 Å². The largest absolute Gasteiger partial charge is 0.468 e. The molecule has 2 aliphatic rings. The van der Waals surface area contributed by atoms with Crippen molar-refractivity contribution in [3.05, 3.63) is 41.9 Å². The quantitative estimate of drug-likeness (QED) is 0.900. The van der Waals surface area contributed by atoms with Crippen LogP contribution in [0, 0.1) is 0 Å². The van der Waals surface area contributed by atoms with Gasteiger partial charge in [-0.25, -0.2) is 4.98 Å². The molecule has 0 bridgehead atoms. The first-order chi connectivity index (χ1) is 9.87. The Hall–Kier alpha value is -1.59. The monoisotopic (exact) mass is 272 g/mol. The van der Waals surface area contributed by atoms with Gasteiger partial charge in [0.2, 0.25) is 0 Å². The lowest BCUT2D eigenvalue weighted by Crippen LogP contribution is -2.33. The van der Waals surface area contributed by atoms with Crippen molar-refractivity contribution in [2.45, 2.75) is 45.1 Å². The predicted octanol–water partition coefficient (Wildman–Crippen LogP) is 1.74. The van der Waals surface area contributed by atoms with Crippen LogP contribution in [0.15, 0.2) is 29.1 Å². The second-order valence-corrected chi connectivity index (χ2v) is 5.82. The first-order valence-corrected chi connectivity index (χ1v) is 7.39. The average Bonchev–Trinajstić information content (AvgIpc) is 2.99. The van der Waals surface area contributed by atoms with E-state index in [-0.39, 0.29) is 0 Å². The Kier molecular flexibility index (Phi) is 3.09. The molecule has 1 aliphatic carbocycles. The molecule has 0 aromatic carbocycles. The summed E-state index contributed by atoms with van der Waals surface area (Å²) in [5.74, 6) is 2.20. The van der Waals surface area contributed by atoms with Crippen LogP contribution >= 0.6 is 0 Å². The zero-order valence-electron chi connectivity index (χ0n) is 11.6. The van der Waals surface area contributed by atoms with Crippen molar-refractivity contribution >= 4 is 0 Å². The van der Waals surface area contributed by atoms with Crippen LogP contribution in [0.4, 0.5) is 0 Å². The number of imidazole rings is 1. The van der Waals surface area contributed by atoms with Crippen molar-refractivity contribution in [3.8, 4) is 0 Å². The fraction of sp³-hybridized carbons (Fsp3) is 0.533. The summed E-state index contributed by atoms with van der Waals surface area (Å²) >= 11 is 0. The predicted molar refractivity (Wildman–Crippen MR) is 74.9 cm³/mol.